The minimum Gasteiger partial charge on any atom is -0.356 e. The Morgan fingerprint density at radius 3 is 2.62 bits per heavy atom. The van der Waals surface area contributed by atoms with E-state index in [1.165, 1.54) is 11.9 Å². The molecule has 0 saturated heterocycles. The molecule has 0 radical (unpaired) electrons. The minimum absolute atomic E-state index is 0.0330. The van der Waals surface area contributed by atoms with Crippen LogP contribution in [0.2, 0.25) is 0 Å². The molecule has 5 rings (SSSR count). The highest BCUT2D eigenvalue weighted by molar-refractivity contribution is 5.95. The molecule has 5 heteroatoms. The summed E-state index contributed by atoms with van der Waals surface area (Å²) in [5, 5.41) is 6.55. The second kappa shape index (κ2) is 9.02. The first-order valence-corrected chi connectivity index (χ1v) is 10.8. The lowest BCUT2D eigenvalue weighted by Gasteiger charge is -2.10. The number of allylic oxidation sites excluding steroid dienone is 5. The number of aromatic nitrogens is 2. The third-order valence-electron chi connectivity index (χ3n) is 5.73. The van der Waals surface area contributed by atoms with Crippen molar-refractivity contribution in [2.45, 2.75) is 18.9 Å². The molecule has 3 aromatic rings. The van der Waals surface area contributed by atoms with E-state index in [-0.39, 0.29) is 11.9 Å². The molecule has 5 nitrogen and oxygen atoms in total. The summed E-state index contributed by atoms with van der Waals surface area (Å²) in [5.74, 6) is 0.377. The first-order valence-electron chi connectivity index (χ1n) is 10.8. The van der Waals surface area contributed by atoms with Gasteiger partial charge in [-0.05, 0) is 54.3 Å². The average molecular weight is 421 g/mol. The number of carbonyl (C=O) groups excluding carboxylic acids is 1. The van der Waals surface area contributed by atoms with E-state index >= 15 is 0 Å². The zero-order chi connectivity index (χ0) is 21.8. The molecular formula is C27H24N4O. The number of carbonyl (C=O) groups is 1. The van der Waals surface area contributed by atoms with Crippen molar-refractivity contribution in [3.8, 4) is 11.1 Å². The molecule has 2 aliphatic rings. The Labute approximate surface area is 187 Å². The summed E-state index contributed by atoms with van der Waals surface area (Å²) in [6.07, 6.45) is 17.8. The van der Waals surface area contributed by atoms with Gasteiger partial charge in [0.25, 0.3) is 5.91 Å². The van der Waals surface area contributed by atoms with Crippen molar-refractivity contribution in [1.82, 2.24) is 15.3 Å². The van der Waals surface area contributed by atoms with Gasteiger partial charge >= 0.3 is 0 Å². The number of hydrogen-bond acceptors (Lipinski definition) is 4. The van der Waals surface area contributed by atoms with Gasteiger partial charge < -0.3 is 10.6 Å². The first-order chi connectivity index (χ1) is 15.8. The molecule has 2 N–H and O–H groups in total. The molecule has 158 valence electrons. The van der Waals surface area contributed by atoms with Gasteiger partial charge in [-0.25, -0.2) is 9.97 Å². The Kier molecular flexibility index (Phi) is 5.62. The number of anilines is 2. The molecule has 0 spiro atoms. The van der Waals surface area contributed by atoms with E-state index in [0.29, 0.717) is 11.5 Å². The van der Waals surface area contributed by atoms with Crippen LogP contribution >= 0.6 is 0 Å². The standard InChI is InChI=1S/C27H24N4O/c32-27(31-26-15-25(26)20-6-3-1-2-4-7-20)21-8-5-9-24(14-21)30-23-12-10-19(11-13-23)22-16-28-18-29-17-22/h1,3-14,16-18,25-26,30H,2,15H2,(H,31,32)/t25-,26+/m0/s1. The number of benzene rings is 2. The van der Waals surface area contributed by atoms with Crippen LogP contribution in [0.15, 0.2) is 103 Å². The molecule has 1 amide bonds. The van der Waals surface area contributed by atoms with E-state index in [2.05, 4.69) is 51.0 Å². The molecule has 0 unspecified atom stereocenters. The third kappa shape index (κ3) is 4.67. The van der Waals surface area contributed by atoms with Crippen molar-refractivity contribution in [1.29, 1.82) is 0 Å². The Bertz CT molecular complexity index is 1200. The van der Waals surface area contributed by atoms with Gasteiger partial charge in [0.1, 0.15) is 6.33 Å². The molecule has 1 aromatic heterocycles. The molecule has 1 fully saturated rings. The minimum atomic E-state index is -0.0330. The highest BCUT2D eigenvalue weighted by atomic mass is 16.1. The third-order valence-corrected chi connectivity index (χ3v) is 5.73. The van der Waals surface area contributed by atoms with Crippen molar-refractivity contribution in [2.75, 3.05) is 5.32 Å². The molecule has 0 aliphatic heterocycles. The van der Waals surface area contributed by atoms with E-state index in [0.717, 1.165) is 35.3 Å². The SMILES string of the molecule is O=C(N[C@@H]1C[C@H]1C1=CC=CCC=C1)c1cccc(Nc2ccc(-c3cncnc3)cc2)c1. The van der Waals surface area contributed by atoms with Crippen LogP contribution in [-0.4, -0.2) is 21.9 Å². The van der Waals surface area contributed by atoms with Gasteiger partial charge in [-0.3, -0.25) is 4.79 Å². The summed E-state index contributed by atoms with van der Waals surface area (Å²) >= 11 is 0. The molecule has 0 bridgehead atoms. The maximum atomic E-state index is 12.8. The highest BCUT2D eigenvalue weighted by Gasteiger charge is 2.40. The predicted octanol–water partition coefficient (Wildman–Crippen LogP) is 5.45. The maximum absolute atomic E-state index is 12.8. The molecule has 2 aromatic carbocycles. The van der Waals surface area contributed by atoms with E-state index in [1.54, 1.807) is 12.4 Å². The second-order valence-electron chi connectivity index (χ2n) is 8.07. The lowest BCUT2D eigenvalue weighted by Crippen LogP contribution is -2.27. The van der Waals surface area contributed by atoms with Gasteiger partial charge in [-0.2, -0.15) is 0 Å². The zero-order valence-electron chi connectivity index (χ0n) is 17.6. The van der Waals surface area contributed by atoms with Crippen LogP contribution in [0.5, 0.6) is 0 Å². The second-order valence-corrected chi connectivity index (χ2v) is 8.07. The van der Waals surface area contributed by atoms with Crippen LogP contribution in [0, 0.1) is 5.92 Å². The fourth-order valence-corrected chi connectivity index (χ4v) is 3.92. The van der Waals surface area contributed by atoms with Gasteiger partial charge in [0.05, 0.1) is 0 Å². The van der Waals surface area contributed by atoms with Gasteiger partial charge in [0, 0.05) is 46.9 Å². The smallest absolute Gasteiger partial charge is 0.251 e. The molecule has 2 atom stereocenters. The fourth-order valence-electron chi connectivity index (χ4n) is 3.92. The van der Waals surface area contributed by atoms with Gasteiger partial charge in [-0.1, -0.05) is 48.6 Å². The Morgan fingerprint density at radius 2 is 1.78 bits per heavy atom. The van der Waals surface area contributed by atoms with Gasteiger partial charge in [0.2, 0.25) is 0 Å². The number of amides is 1. The molecule has 2 aliphatic carbocycles. The van der Waals surface area contributed by atoms with Crippen molar-refractivity contribution in [3.63, 3.8) is 0 Å². The van der Waals surface area contributed by atoms with E-state index in [9.17, 15) is 4.79 Å². The summed E-state index contributed by atoms with van der Waals surface area (Å²) in [4.78, 5) is 20.9. The van der Waals surface area contributed by atoms with Crippen LogP contribution < -0.4 is 10.6 Å². The largest absolute Gasteiger partial charge is 0.356 e. The van der Waals surface area contributed by atoms with Crippen molar-refractivity contribution in [2.24, 2.45) is 5.92 Å². The summed E-state index contributed by atoms with van der Waals surface area (Å²) < 4.78 is 0. The van der Waals surface area contributed by atoms with Crippen LogP contribution in [0.3, 0.4) is 0 Å². The Morgan fingerprint density at radius 1 is 0.938 bits per heavy atom. The first kappa shape index (κ1) is 19.9. The number of nitrogens with one attached hydrogen (secondary N) is 2. The molecule has 1 heterocycles. The van der Waals surface area contributed by atoms with Crippen molar-refractivity contribution in [3.05, 3.63) is 109 Å². The maximum Gasteiger partial charge on any atom is 0.251 e. The van der Waals surface area contributed by atoms with Gasteiger partial charge in [-0.15, -0.1) is 0 Å². The van der Waals surface area contributed by atoms with Gasteiger partial charge in [0.15, 0.2) is 0 Å². The van der Waals surface area contributed by atoms with Crippen molar-refractivity contribution >= 4 is 17.3 Å². The number of hydrogen-bond donors (Lipinski definition) is 2. The summed E-state index contributed by atoms with van der Waals surface area (Å²) in [6, 6.07) is 15.9. The van der Waals surface area contributed by atoms with E-state index in [1.807, 2.05) is 48.5 Å². The monoisotopic (exact) mass is 420 g/mol. The summed E-state index contributed by atoms with van der Waals surface area (Å²) in [6.45, 7) is 0. The van der Waals surface area contributed by atoms with E-state index in [4.69, 9.17) is 0 Å². The highest BCUT2D eigenvalue weighted by Crippen LogP contribution is 2.38. The fraction of sp³-hybridized carbons (Fsp3) is 0.148. The van der Waals surface area contributed by atoms with Crippen LogP contribution in [0.1, 0.15) is 23.2 Å². The molecule has 32 heavy (non-hydrogen) atoms. The van der Waals surface area contributed by atoms with E-state index < -0.39 is 0 Å². The van der Waals surface area contributed by atoms with Crippen LogP contribution in [0.4, 0.5) is 11.4 Å². The quantitative estimate of drug-likeness (QED) is 0.557. The number of rotatable bonds is 6. The predicted molar refractivity (Wildman–Crippen MR) is 128 cm³/mol. The summed E-state index contributed by atoms with van der Waals surface area (Å²) in [7, 11) is 0. The topological polar surface area (TPSA) is 66.9 Å². The zero-order valence-corrected chi connectivity index (χ0v) is 17.6. The molecular weight excluding hydrogens is 396 g/mol. The average Bonchev–Trinajstić information content (AvgIpc) is 3.63. The molecule has 1 saturated carbocycles. The van der Waals surface area contributed by atoms with Crippen molar-refractivity contribution < 1.29 is 4.79 Å². The van der Waals surface area contributed by atoms with Crippen LogP contribution in [0.25, 0.3) is 11.1 Å². The summed E-state index contributed by atoms with van der Waals surface area (Å²) in [5.41, 5.74) is 5.81. The van der Waals surface area contributed by atoms with Crippen LogP contribution in [-0.2, 0) is 0 Å². The lowest BCUT2D eigenvalue weighted by atomic mass is 10.1. The Balaban J connectivity index is 1.21. The number of nitrogens with zero attached hydrogens (tertiary/aromatic N) is 2. The normalized spacial score (nSPS) is 19.1. The Hall–Kier alpha value is -3.99. The lowest BCUT2D eigenvalue weighted by molar-refractivity contribution is 0.0950.